The van der Waals surface area contributed by atoms with Crippen LogP contribution in [0.15, 0.2) is 48.5 Å². The summed E-state index contributed by atoms with van der Waals surface area (Å²) in [6.07, 6.45) is 0.708. The Bertz CT molecular complexity index is 814. The first-order chi connectivity index (χ1) is 12.5. The van der Waals surface area contributed by atoms with Crippen LogP contribution in [0, 0.1) is 5.41 Å². The highest BCUT2D eigenvalue weighted by molar-refractivity contribution is 6.31. The minimum atomic E-state index is -1.46. The quantitative estimate of drug-likeness (QED) is 0.561. The fourth-order valence-corrected chi connectivity index (χ4v) is 3.42. The average Bonchev–Trinajstić information content (AvgIpc) is 2.89. The van der Waals surface area contributed by atoms with Gasteiger partial charge in [-0.1, -0.05) is 55.5 Å². The van der Waals surface area contributed by atoms with Gasteiger partial charge in [-0.25, -0.2) is 0 Å². The number of carbonyl (C=O) groups excluding carboxylic acids is 3. The van der Waals surface area contributed by atoms with Gasteiger partial charge in [-0.2, -0.15) is 0 Å². The monoisotopic (exact) mass is 350 g/mol. The third-order valence-electron chi connectivity index (χ3n) is 4.98. The highest BCUT2D eigenvalue weighted by atomic mass is 16.5. The van der Waals surface area contributed by atoms with E-state index in [2.05, 4.69) is 0 Å². The maximum Gasteiger partial charge on any atom is 0.180 e. The van der Waals surface area contributed by atoms with Gasteiger partial charge in [0.2, 0.25) is 0 Å². The molecular weight excluding hydrogens is 328 g/mol. The van der Waals surface area contributed by atoms with E-state index in [1.807, 2.05) is 19.1 Å². The van der Waals surface area contributed by atoms with E-state index in [0.717, 1.165) is 12.0 Å². The Morgan fingerprint density at radius 3 is 2.00 bits per heavy atom. The molecule has 0 bridgehead atoms. The molecule has 0 fully saturated rings. The summed E-state index contributed by atoms with van der Waals surface area (Å²) in [4.78, 5) is 38.9. The summed E-state index contributed by atoms with van der Waals surface area (Å²) >= 11 is 0. The molecule has 0 radical (unpaired) electrons. The van der Waals surface area contributed by atoms with Crippen molar-refractivity contribution in [3.8, 4) is 0 Å². The third kappa shape index (κ3) is 3.01. The van der Waals surface area contributed by atoms with E-state index in [9.17, 15) is 14.4 Å². The molecule has 0 saturated heterocycles. The van der Waals surface area contributed by atoms with Crippen molar-refractivity contribution in [1.29, 1.82) is 0 Å². The molecule has 0 saturated carbocycles. The summed E-state index contributed by atoms with van der Waals surface area (Å²) in [7, 11) is 0. The van der Waals surface area contributed by atoms with Gasteiger partial charge >= 0.3 is 0 Å². The van der Waals surface area contributed by atoms with Crippen LogP contribution < -0.4 is 0 Å². The Kier molecular flexibility index (Phi) is 5.14. The van der Waals surface area contributed by atoms with Gasteiger partial charge in [0, 0.05) is 29.7 Å². The van der Waals surface area contributed by atoms with Crippen molar-refractivity contribution in [3.63, 3.8) is 0 Å². The molecule has 4 nitrogen and oxygen atoms in total. The molecule has 134 valence electrons. The number of rotatable bonds is 7. The van der Waals surface area contributed by atoms with E-state index >= 15 is 0 Å². The smallest absolute Gasteiger partial charge is 0.180 e. The average molecular weight is 350 g/mol. The Hall–Kier alpha value is -2.59. The van der Waals surface area contributed by atoms with Crippen molar-refractivity contribution in [1.82, 2.24) is 0 Å². The lowest BCUT2D eigenvalue weighted by molar-refractivity contribution is 0.0357. The highest BCUT2D eigenvalue weighted by Gasteiger charge is 2.54. The summed E-state index contributed by atoms with van der Waals surface area (Å²) in [6, 6.07) is 14.1. The molecule has 2 aromatic carbocycles. The summed E-state index contributed by atoms with van der Waals surface area (Å²) in [5, 5.41) is 0. The van der Waals surface area contributed by atoms with Gasteiger partial charge in [-0.05, 0) is 18.9 Å². The Morgan fingerprint density at radius 2 is 1.50 bits per heavy atom. The number of hydrogen-bond acceptors (Lipinski definition) is 4. The van der Waals surface area contributed by atoms with E-state index in [0.29, 0.717) is 23.3 Å². The molecule has 0 spiro atoms. The van der Waals surface area contributed by atoms with Gasteiger partial charge in [0.05, 0.1) is 6.61 Å². The largest absolute Gasteiger partial charge is 0.380 e. The van der Waals surface area contributed by atoms with E-state index in [-0.39, 0.29) is 30.4 Å². The maximum absolute atomic E-state index is 13.0. The molecule has 3 rings (SSSR count). The van der Waals surface area contributed by atoms with Gasteiger partial charge in [-0.3, -0.25) is 14.4 Å². The molecule has 4 heteroatoms. The molecule has 0 atom stereocenters. The fourth-order valence-electron chi connectivity index (χ4n) is 3.42. The highest BCUT2D eigenvalue weighted by Crippen LogP contribution is 2.40. The number of aryl methyl sites for hydroxylation is 1. The van der Waals surface area contributed by atoms with Crippen molar-refractivity contribution in [2.75, 3.05) is 13.2 Å². The van der Waals surface area contributed by atoms with Crippen molar-refractivity contribution in [3.05, 3.63) is 70.8 Å². The second kappa shape index (κ2) is 7.34. The number of ether oxygens (including phenoxy) is 1. The minimum absolute atomic E-state index is 0.0748. The molecule has 0 heterocycles. The molecule has 2 aromatic rings. The van der Waals surface area contributed by atoms with Crippen LogP contribution in [0.2, 0.25) is 0 Å². The molecule has 1 aliphatic carbocycles. The van der Waals surface area contributed by atoms with Crippen molar-refractivity contribution in [2.45, 2.75) is 26.7 Å². The molecule has 26 heavy (non-hydrogen) atoms. The predicted octanol–water partition coefficient (Wildman–Crippen LogP) is 3.92. The predicted molar refractivity (Wildman–Crippen MR) is 98.8 cm³/mol. The zero-order valence-electron chi connectivity index (χ0n) is 15.1. The number of fused-ring (bicyclic) bond motifs is 1. The first-order valence-electron chi connectivity index (χ1n) is 8.92. The number of Topliss-reactive ketones (excluding diaryl/α,β-unsaturated/α-hetero) is 3. The first-order valence-corrected chi connectivity index (χ1v) is 8.92. The second-order valence-corrected chi connectivity index (χ2v) is 6.57. The van der Waals surface area contributed by atoms with Crippen LogP contribution in [0.3, 0.4) is 0 Å². The van der Waals surface area contributed by atoms with Crippen molar-refractivity contribution in [2.24, 2.45) is 5.41 Å². The van der Waals surface area contributed by atoms with Crippen molar-refractivity contribution < 1.29 is 19.1 Å². The summed E-state index contributed by atoms with van der Waals surface area (Å²) in [5.74, 6) is -0.850. The molecule has 0 aliphatic heterocycles. The second-order valence-electron chi connectivity index (χ2n) is 6.57. The van der Waals surface area contributed by atoms with Crippen molar-refractivity contribution >= 4 is 17.3 Å². The molecule has 0 unspecified atom stereocenters. The van der Waals surface area contributed by atoms with E-state index < -0.39 is 5.41 Å². The molecule has 0 amide bonds. The van der Waals surface area contributed by atoms with E-state index in [4.69, 9.17) is 4.74 Å². The normalized spacial score (nSPS) is 15.2. The minimum Gasteiger partial charge on any atom is -0.380 e. The topological polar surface area (TPSA) is 60.4 Å². The lowest BCUT2D eigenvalue weighted by atomic mass is 9.77. The number of carbonyl (C=O) groups is 3. The molecule has 1 aliphatic rings. The van der Waals surface area contributed by atoms with Crippen LogP contribution in [-0.4, -0.2) is 30.6 Å². The number of benzene rings is 2. The Morgan fingerprint density at radius 1 is 0.923 bits per heavy atom. The SMILES string of the molecule is CCOCC1(CC(=O)c2ccc(CC)cc2)C(=O)c2ccccc2C1=O. The zero-order valence-corrected chi connectivity index (χ0v) is 15.1. The molecule has 0 N–H and O–H groups in total. The summed E-state index contributed by atoms with van der Waals surface area (Å²) in [6.45, 7) is 4.14. The van der Waals surface area contributed by atoms with Crippen LogP contribution in [0.5, 0.6) is 0 Å². The number of hydrogen-bond donors (Lipinski definition) is 0. The van der Waals surface area contributed by atoms with Gasteiger partial charge < -0.3 is 4.74 Å². The van der Waals surface area contributed by atoms with Crippen LogP contribution in [0.25, 0.3) is 0 Å². The third-order valence-corrected chi connectivity index (χ3v) is 4.98. The molecular formula is C22H22O4. The van der Waals surface area contributed by atoms with E-state index in [1.165, 1.54) is 0 Å². The summed E-state index contributed by atoms with van der Waals surface area (Å²) in [5.41, 5.74) is 0.943. The molecule has 0 aromatic heterocycles. The number of ketones is 3. The first kappa shape index (κ1) is 18.2. The fraction of sp³-hybridized carbons (Fsp3) is 0.318. The zero-order chi connectivity index (χ0) is 18.7. The Balaban J connectivity index is 1.95. The van der Waals surface area contributed by atoms with Gasteiger partial charge in [-0.15, -0.1) is 0 Å². The van der Waals surface area contributed by atoms with E-state index in [1.54, 1.807) is 43.3 Å². The van der Waals surface area contributed by atoms with Crippen LogP contribution in [0.1, 0.15) is 56.9 Å². The Labute approximate surface area is 153 Å². The van der Waals surface area contributed by atoms with Crippen LogP contribution >= 0.6 is 0 Å². The van der Waals surface area contributed by atoms with Gasteiger partial charge in [0.15, 0.2) is 17.3 Å². The van der Waals surface area contributed by atoms with Crippen LogP contribution in [-0.2, 0) is 11.2 Å². The lowest BCUT2D eigenvalue weighted by Crippen LogP contribution is -2.40. The van der Waals surface area contributed by atoms with Gasteiger partial charge in [0.1, 0.15) is 5.41 Å². The summed E-state index contributed by atoms with van der Waals surface area (Å²) < 4.78 is 5.47. The van der Waals surface area contributed by atoms with Crippen LogP contribution in [0.4, 0.5) is 0 Å². The van der Waals surface area contributed by atoms with Gasteiger partial charge in [0.25, 0.3) is 0 Å². The lowest BCUT2D eigenvalue weighted by Gasteiger charge is -2.24. The standard InChI is InChI=1S/C22H22O4/c1-3-15-9-11-16(12-10-15)19(23)13-22(14-26-4-2)20(24)17-7-5-6-8-18(17)21(22)25/h5-12H,3-4,13-14H2,1-2H3. The maximum atomic E-state index is 13.0.